The highest BCUT2D eigenvalue weighted by atomic mass is 32.2. The van der Waals surface area contributed by atoms with Crippen molar-refractivity contribution in [2.45, 2.75) is 49.8 Å². The molecule has 0 spiro atoms. The van der Waals surface area contributed by atoms with E-state index in [2.05, 4.69) is 5.32 Å². The number of rotatable bonds is 4. The number of carbonyl (C=O) groups is 1. The third-order valence-corrected chi connectivity index (χ3v) is 8.77. The molecule has 2 saturated heterocycles. The first-order chi connectivity index (χ1) is 12.9. The summed E-state index contributed by atoms with van der Waals surface area (Å²) in [6, 6.07) is 5.83. The molecule has 2 aliphatic heterocycles. The number of carbonyl (C=O) groups excluding carboxylic acids is 1. The smallest absolute Gasteiger partial charge is 0.251 e. The van der Waals surface area contributed by atoms with E-state index in [9.17, 15) is 21.6 Å². The molecule has 1 aromatic carbocycles. The summed E-state index contributed by atoms with van der Waals surface area (Å²) in [5.74, 6) is -0.570. The fraction of sp³-hybridized carbons (Fsp3) is 0.611. The minimum atomic E-state index is -3.77. The Labute approximate surface area is 166 Å². The number of amides is 1. The third-order valence-electron chi connectivity index (χ3n) is 5.04. The molecule has 3 rings (SSSR count). The Balaban J connectivity index is 1.81. The Hall–Kier alpha value is -1.49. The van der Waals surface area contributed by atoms with Crippen molar-refractivity contribution in [3.05, 3.63) is 29.8 Å². The summed E-state index contributed by atoms with van der Waals surface area (Å²) in [6.07, 6.45) is -0.0913. The molecule has 2 aliphatic rings. The molecule has 0 bridgehead atoms. The summed E-state index contributed by atoms with van der Waals surface area (Å²) in [5.41, 5.74) is -0.666. The molecule has 10 heteroatoms. The number of morpholine rings is 1. The van der Waals surface area contributed by atoms with E-state index in [1.807, 2.05) is 13.8 Å². The predicted octanol–water partition coefficient (Wildman–Crippen LogP) is 0.792. The number of nitrogens with zero attached hydrogens (tertiary/aromatic N) is 1. The van der Waals surface area contributed by atoms with Crippen LogP contribution in [0.4, 0.5) is 0 Å². The van der Waals surface area contributed by atoms with Crippen LogP contribution in [0.1, 0.15) is 37.6 Å². The number of sulfone groups is 1. The highest BCUT2D eigenvalue weighted by molar-refractivity contribution is 7.91. The second kappa shape index (κ2) is 7.40. The number of hydrogen-bond acceptors (Lipinski definition) is 6. The second-order valence-electron chi connectivity index (χ2n) is 7.96. The quantitative estimate of drug-likeness (QED) is 0.756. The van der Waals surface area contributed by atoms with Gasteiger partial charge in [-0.3, -0.25) is 4.79 Å². The molecule has 0 aliphatic carbocycles. The van der Waals surface area contributed by atoms with Crippen LogP contribution in [0.2, 0.25) is 0 Å². The highest BCUT2D eigenvalue weighted by Crippen LogP contribution is 2.25. The molecule has 8 nitrogen and oxygen atoms in total. The van der Waals surface area contributed by atoms with Crippen LogP contribution < -0.4 is 5.32 Å². The summed E-state index contributed by atoms with van der Waals surface area (Å²) in [5, 5.41) is 2.75. The lowest BCUT2D eigenvalue weighted by Gasteiger charge is -2.34. The summed E-state index contributed by atoms with van der Waals surface area (Å²) in [7, 11) is -6.93. The molecule has 1 aromatic rings. The van der Waals surface area contributed by atoms with Crippen LogP contribution >= 0.6 is 0 Å². The van der Waals surface area contributed by atoms with Gasteiger partial charge in [0.1, 0.15) is 0 Å². The molecular formula is C18H26N2O6S2. The number of sulfonamides is 1. The van der Waals surface area contributed by atoms with E-state index < -0.39 is 31.3 Å². The second-order valence-corrected chi connectivity index (χ2v) is 12.1. The largest absolute Gasteiger partial charge is 0.373 e. The van der Waals surface area contributed by atoms with Gasteiger partial charge in [-0.15, -0.1) is 0 Å². The number of benzene rings is 1. The maximum absolute atomic E-state index is 13.0. The average Bonchev–Trinajstić information content (AvgIpc) is 2.87. The van der Waals surface area contributed by atoms with Gasteiger partial charge < -0.3 is 10.1 Å². The first kappa shape index (κ1) is 21.2. The number of nitrogens with one attached hydrogen (secondary N) is 1. The van der Waals surface area contributed by atoms with Gasteiger partial charge in [0.25, 0.3) is 5.91 Å². The zero-order valence-corrected chi connectivity index (χ0v) is 17.8. The SMILES string of the molecule is C[C@@H]1CN(S(=O)(=O)c2cccc(C(=O)N[C@]3(C)CCS(=O)(=O)C3)c2)C[C@@H](C)O1. The Bertz CT molecular complexity index is 966. The zero-order valence-electron chi connectivity index (χ0n) is 16.2. The molecule has 0 aromatic heterocycles. The molecule has 0 unspecified atom stereocenters. The molecule has 1 amide bonds. The van der Waals surface area contributed by atoms with E-state index >= 15 is 0 Å². The molecule has 2 heterocycles. The van der Waals surface area contributed by atoms with E-state index in [0.29, 0.717) is 6.42 Å². The highest BCUT2D eigenvalue weighted by Gasteiger charge is 2.40. The summed E-state index contributed by atoms with van der Waals surface area (Å²) < 4.78 is 56.4. The molecule has 1 N–H and O–H groups in total. The van der Waals surface area contributed by atoms with Gasteiger partial charge in [0.05, 0.1) is 34.1 Å². The molecule has 3 atom stereocenters. The Morgan fingerprint density at radius 3 is 2.46 bits per heavy atom. The Morgan fingerprint density at radius 2 is 1.89 bits per heavy atom. The van der Waals surface area contributed by atoms with E-state index in [4.69, 9.17) is 4.74 Å². The standard InChI is InChI=1S/C18H26N2O6S2/c1-13-10-20(11-14(2)26-13)28(24,25)16-6-4-5-15(9-16)17(21)19-18(3)7-8-27(22,23)12-18/h4-6,9,13-14H,7-8,10-12H2,1-3H3,(H,19,21)/t13-,14-,18-/m1/s1. The fourth-order valence-corrected chi connectivity index (χ4v) is 7.46. The fourth-order valence-electron chi connectivity index (χ4n) is 3.73. The van der Waals surface area contributed by atoms with E-state index in [1.165, 1.54) is 28.6 Å². The first-order valence-electron chi connectivity index (χ1n) is 9.19. The summed E-state index contributed by atoms with van der Waals surface area (Å²) in [4.78, 5) is 12.7. The van der Waals surface area contributed by atoms with Crippen molar-refractivity contribution in [2.75, 3.05) is 24.6 Å². The predicted molar refractivity (Wildman–Crippen MR) is 104 cm³/mol. The third kappa shape index (κ3) is 4.56. The topological polar surface area (TPSA) is 110 Å². The first-order valence-corrected chi connectivity index (χ1v) is 12.4. The van der Waals surface area contributed by atoms with Crippen molar-refractivity contribution >= 4 is 25.8 Å². The lowest BCUT2D eigenvalue weighted by molar-refractivity contribution is -0.0440. The normalized spacial score (nSPS) is 30.8. The van der Waals surface area contributed by atoms with Crippen molar-refractivity contribution in [1.82, 2.24) is 9.62 Å². The van der Waals surface area contributed by atoms with Gasteiger partial charge in [0.2, 0.25) is 10.0 Å². The van der Waals surface area contributed by atoms with Crippen LogP contribution in [0.5, 0.6) is 0 Å². The molecule has 0 radical (unpaired) electrons. The van der Waals surface area contributed by atoms with Gasteiger partial charge in [-0.05, 0) is 45.4 Å². The van der Waals surface area contributed by atoms with Crippen LogP contribution in [-0.2, 0) is 24.6 Å². The van der Waals surface area contributed by atoms with Gasteiger partial charge in [0, 0.05) is 18.7 Å². The van der Waals surface area contributed by atoms with Crippen LogP contribution in [0, 0.1) is 0 Å². The van der Waals surface area contributed by atoms with Crippen LogP contribution in [0.3, 0.4) is 0 Å². The summed E-state index contributed by atoms with van der Waals surface area (Å²) >= 11 is 0. The molecule has 156 valence electrons. The molecule has 28 heavy (non-hydrogen) atoms. The minimum Gasteiger partial charge on any atom is -0.373 e. The molecule has 0 saturated carbocycles. The van der Waals surface area contributed by atoms with Crippen LogP contribution in [0.25, 0.3) is 0 Å². The Morgan fingerprint density at radius 1 is 1.25 bits per heavy atom. The lowest BCUT2D eigenvalue weighted by Crippen LogP contribution is -2.48. The average molecular weight is 431 g/mol. The molecule has 2 fully saturated rings. The van der Waals surface area contributed by atoms with Gasteiger partial charge in [-0.1, -0.05) is 6.07 Å². The van der Waals surface area contributed by atoms with Gasteiger partial charge in [-0.2, -0.15) is 4.31 Å². The van der Waals surface area contributed by atoms with E-state index in [-0.39, 0.29) is 47.3 Å². The monoisotopic (exact) mass is 430 g/mol. The summed E-state index contributed by atoms with van der Waals surface area (Å²) in [6.45, 7) is 5.82. The van der Waals surface area contributed by atoms with Crippen molar-refractivity contribution in [1.29, 1.82) is 0 Å². The van der Waals surface area contributed by atoms with Gasteiger partial charge in [-0.25, -0.2) is 16.8 Å². The van der Waals surface area contributed by atoms with Crippen molar-refractivity contribution in [3.8, 4) is 0 Å². The van der Waals surface area contributed by atoms with Crippen LogP contribution in [-0.4, -0.2) is 69.4 Å². The van der Waals surface area contributed by atoms with Crippen molar-refractivity contribution in [3.63, 3.8) is 0 Å². The maximum Gasteiger partial charge on any atom is 0.251 e. The molecular weight excluding hydrogens is 404 g/mol. The zero-order chi connectivity index (χ0) is 20.7. The van der Waals surface area contributed by atoms with Gasteiger partial charge in [0.15, 0.2) is 9.84 Å². The number of ether oxygens (including phenoxy) is 1. The van der Waals surface area contributed by atoms with E-state index in [0.717, 1.165) is 0 Å². The van der Waals surface area contributed by atoms with Crippen molar-refractivity contribution < 1.29 is 26.4 Å². The van der Waals surface area contributed by atoms with Crippen LogP contribution in [0.15, 0.2) is 29.2 Å². The number of hydrogen-bond donors (Lipinski definition) is 1. The van der Waals surface area contributed by atoms with Crippen molar-refractivity contribution in [2.24, 2.45) is 0 Å². The maximum atomic E-state index is 13.0. The Kier molecular flexibility index (Phi) is 5.61. The van der Waals surface area contributed by atoms with Gasteiger partial charge >= 0.3 is 0 Å². The lowest BCUT2D eigenvalue weighted by atomic mass is 10.0. The minimum absolute atomic E-state index is 0.0330. The van der Waals surface area contributed by atoms with E-state index in [1.54, 1.807) is 6.92 Å².